The van der Waals surface area contributed by atoms with Crippen molar-refractivity contribution in [1.82, 2.24) is 29.7 Å². The maximum atomic E-state index is 12.5. The van der Waals surface area contributed by atoms with E-state index in [4.69, 9.17) is 4.74 Å². The zero-order valence-corrected chi connectivity index (χ0v) is 18.9. The van der Waals surface area contributed by atoms with Crippen LogP contribution in [0.1, 0.15) is 18.5 Å². The minimum absolute atomic E-state index is 0. The maximum Gasteiger partial charge on any atom is 0.328 e. The van der Waals surface area contributed by atoms with Crippen LogP contribution >= 0.6 is 13.5 Å². The summed E-state index contributed by atoms with van der Waals surface area (Å²) >= 11 is 0. The summed E-state index contributed by atoms with van der Waals surface area (Å²) in [6.07, 6.45) is 8.40. The summed E-state index contributed by atoms with van der Waals surface area (Å²) in [7, 11) is 0. The highest BCUT2D eigenvalue weighted by molar-refractivity contribution is 7.59. The fourth-order valence-corrected chi connectivity index (χ4v) is 4.24. The van der Waals surface area contributed by atoms with Crippen LogP contribution in [-0.2, 0) is 20.7 Å². The van der Waals surface area contributed by atoms with E-state index < -0.39 is 6.04 Å². The molecule has 0 spiro atoms. The molecule has 0 bridgehead atoms. The normalized spacial score (nSPS) is 15.5. The van der Waals surface area contributed by atoms with Crippen molar-refractivity contribution in [3.05, 3.63) is 61.2 Å². The monoisotopic (exact) mass is 464 g/mol. The Bertz CT molecular complexity index is 1330. The number of nitrogens with one attached hydrogen (secondary N) is 1. The van der Waals surface area contributed by atoms with Crippen LogP contribution in [0.3, 0.4) is 0 Å². The molecule has 33 heavy (non-hydrogen) atoms. The van der Waals surface area contributed by atoms with Crippen molar-refractivity contribution in [3.63, 3.8) is 0 Å². The van der Waals surface area contributed by atoms with Crippen molar-refractivity contribution in [2.75, 3.05) is 13.2 Å². The van der Waals surface area contributed by atoms with Gasteiger partial charge in [-0.3, -0.25) is 4.79 Å². The van der Waals surface area contributed by atoms with Crippen LogP contribution in [0.25, 0.3) is 27.7 Å². The molecule has 10 heteroatoms. The number of fused-ring (bicyclic) bond motifs is 2. The van der Waals surface area contributed by atoms with Gasteiger partial charge in [0, 0.05) is 42.0 Å². The van der Waals surface area contributed by atoms with E-state index in [1.165, 1.54) is 11.0 Å². The van der Waals surface area contributed by atoms with Gasteiger partial charge >= 0.3 is 5.97 Å². The fourth-order valence-electron chi connectivity index (χ4n) is 4.24. The molecule has 9 nitrogen and oxygen atoms in total. The largest absolute Gasteiger partial charge is 0.464 e. The fraction of sp³-hybridized carbons (Fsp3) is 0.261. The molecule has 1 fully saturated rings. The van der Waals surface area contributed by atoms with Crippen molar-refractivity contribution in [2.24, 2.45) is 0 Å². The number of aromatic nitrogens is 5. The quantitative estimate of drug-likeness (QED) is 0.347. The standard InChI is InChI=1S/C23H22N6O3.H2S/c1-2-21(30)28-11-4-6-20(28)23(31)32-12-8-15-13-17-16(7-10-24-22(17)27-15)18-14-26-29-19(18)5-3-9-25-29;/h2-3,5,7,9-10,13-14,20H,1,4,6,8,11-12H2,(H,24,27);1H2/t20-;/m0./s1. The molecule has 1 saturated heterocycles. The first-order chi connectivity index (χ1) is 15.7. The third kappa shape index (κ3) is 4.21. The molecule has 1 aliphatic rings. The number of esters is 1. The number of carbonyl (C=O) groups is 2. The average Bonchev–Trinajstić information content (AvgIpc) is 3.55. The predicted octanol–water partition coefficient (Wildman–Crippen LogP) is 2.65. The summed E-state index contributed by atoms with van der Waals surface area (Å²) < 4.78 is 7.08. The number of amides is 1. The van der Waals surface area contributed by atoms with Crippen molar-refractivity contribution in [1.29, 1.82) is 0 Å². The second-order valence-corrected chi connectivity index (χ2v) is 7.68. The van der Waals surface area contributed by atoms with Crippen LogP contribution in [0.15, 0.2) is 55.5 Å². The summed E-state index contributed by atoms with van der Waals surface area (Å²) in [4.78, 5) is 33.7. The van der Waals surface area contributed by atoms with Crippen LogP contribution in [0.4, 0.5) is 0 Å². The molecule has 1 atom stereocenters. The van der Waals surface area contributed by atoms with E-state index in [2.05, 4.69) is 26.7 Å². The van der Waals surface area contributed by atoms with E-state index in [1.807, 2.05) is 24.3 Å². The zero-order chi connectivity index (χ0) is 22.1. The summed E-state index contributed by atoms with van der Waals surface area (Å²) in [5, 5.41) is 9.51. The lowest BCUT2D eigenvalue weighted by molar-refractivity contribution is -0.152. The molecule has 4 aromatic heterocycles. The number of ether oxygens (including phenoxy) is 1. The van der Waals surface area contributed by atoms with Gasteiger partial charge in [0.2, 0.25) is 5.91 Å². The molecule has 0 unspecified atom stereocenters. The molecule has 4 aromatic rings. The van der Waals surface area contributed by atoms with Gasteiger partial charge in [-0.2, -0.15) is 28.3 Å². The summed E-state index contributed by atoms with van der Waals surface area (Å²) in [6, 6.07) is 7.30. The van der Waals surface area contributed by atoms with Crippen molar-refractivity contribution in [2.45, 2.75) is 25.3 Å². The van der Waals surface area contributed by atoms with Gasteiger partial charge in [0.15, 0.2) is 0 Å². The van der Waals surface area contributed by atoms with Gasteiger partial charge in [0.05, 0.1) is 18.3 Å². The lowest BCUT2D eigenvalue weighted by Gasteiger charge is -2.21. The van der Waals surface area contributed by atoms with E-state index in [9.17, 15) is 9.59 Å². The van der Waals surface area contributed by atoms with Crippen LogP contribution in [0.5, 0.6) is 0 Å². The zero-order valence-electron chi connectivity index (χ0n) is 17.9. The maximum absolute atomic E-state index is 12.5. The Morgan fingerprint density at radius 2 is 2.12 bits per heavy atom. The number of pyridine rings is 1. The van der Waals surface area contributed by atoms with Gasteiger partial charge in [0.25, 0.3) is 0 Å². The number of carbonyl (C=O) groups excluding carboxylic acids is 2. The molecule has 0 aliphatic carbocycles. The minimum atomic E-state index is -0.527. The lowest BCUT2D eigenvalue weighted by atomic mass is 10.1. The SMILES string of the molecule is C=CC(=O)N1CCC[C@H]1C(=O)OCCc1cc2c(-c3cnn4ncccc34)ccnc2[nH]1.S. The summed E-state index contributed by atoms with van der Waals surface area (Å²) in [6.45, 7) is 4.27. The Kier molecular flexibility index (Phi) is 6.45. The topological polar surface area (TPSA) is 105 Å². The van der Waals surface area contributed by atoms with E-state index in [0.717, 1.165) is 39.8 Å². The summed E-state index contributed by atoms with van der Waals surface area (Å²) in [5.41, 5.74) is 4.54. The first kappa shape index (κ1) is 22.5. The van der Waals surface area contributed by atoms with E-state index in [0.29, 0.717) is 19.4 Å². The van der Waals surface area contributed by atoms with Gasteiger partial charge in [-0.15, -0.1) is 0 Å². The molecule has 5 rings (SSSR count). The molecular formula is C23H24N6O3S. The molecule has 1 amide bonds. The highest BCUT2D eigenvalue weighted by Crippen LogP contribution is 2.31. The van der Waals surface area contributed by atoms with Gasteiger partial charge < -0.3 is 14.6 Å². The highest BCUT2D eigenvalue weighted by Gasteiger charge is 2.34. The number of aromatic amines is 1. The minimum Gasteiger partial charge on any atom is -0.464 e. The molecular weight excluding hydrogens is 440 g/mol. The number of hydrogen-bond donors (Lipinski definition) is 1. The first-order valence-electron chi connectivity index (χ1n) is 10.5. The van der Waals surface area contributed by atoms with E-state index in [1.54, 1.807) is 23.2 Å². The van der Waals surface area contributed by atoms with Crippen molar-refractivity contribution in [3.8, 4) is 11.1 Å². The molecule has 1 N–H and O–H groups in total. The second kappa shape index (κ2) is 9.45. The van der Waals surface area contributed by atoms with Crippen LogP contribution in [0.2, 0.25) is 0 Å². The highest BCUT2D eigenvalue weighted by atomic mass is 32.1. The Morgan fingerprint density at radius 1 is 1.24 bits per heavy atom. The molecule has 0 radical (unpaired) electrons. The number of hydrogen-bond acceptors (Lipinski definition) is 6. The number of nitrogens with zero attached hydrogens (tertiary/aromatic N) is 5. The predicted molar refractivity (Wildman–Crippen MR) is 128 cm³/mol. The van der Waals surface area contributed by atoms with E-state index >= 15 is 0 Å². The molecule has 1 aliphatic heterocycles. The second-order valence-electron chi connectivity index (χ2n) is 7.68. The van der Waals surface area contributed by atoms with Gasteiger partial charge in [-0.25, -0.2) is 9.78 Å². The first-order valence-corrected chi connectivity index (χ1v) is 10.5. The third-order valence-electron chi connectivity index (χ3n) is 5.78. The Balaban J connectivity index is 0.00000259. The van der Waals surface area contributed by atoms with Gasteiger partial charge in [-0.1, -0.05) is 6.58 Å². The lowest BCUT2D eigenvalue weighted by Crippen LogP contribution is -2.40. The van der Waals surface area contributed by atoms with Gasteiger partial charge in [0.1, 0.15) is 11.7 Å². The molecule has 0 saturated carbocycles. The van der Waals surface area contributed by atoms with Crippen LogP contribution in [-0.4, -0.2) is 60.8 Å². The van der Waals surface area contributed by atoms with Crippen LogP contribution in [0, 0.1) is 0 Å². The van der Waals surface area contributed by atoms with Crippen LogP contribution < -0.4 is 0 Å². The molecule has 0 aromatic carbocycles. The Labute approximate surface area is 196 Å². The average molecular weight is 465 g/mol. The third-order valence-corrected chi connectivity index (χ3v) is 5.78. The Morgan fingerprint density at radius 3 is 2.97 bits per heavy atom. The Hall–Kier alpha value is -3.66. The van der Waals surface area contributed by atoms with Crippen molar-refractivity contribution >= 4 is 41.9 Å². The van der Waals surface area contributed by atoms with E-state index in [-0.39, 0.29) is 32.0 Å². The number of rotatable bonds is 6. The smallest absolute Gasteiger partial charge is 0.328 e. The summed E-state index contributed by atoms with van der Waals surface area (Å²) in [5.74, 6) is -0.604. The van der Waals surface area contributed by atoms with Gasteiger partial charge in [-0.05, 0) is 48.7 Å². The number of H-pyrrole nitrogens is 1. The van der Waals surface area contributed by atoms with Crippen molar-refractivity contribution < 1.29 is 14.3 Å². The molecule has 170 valence electrons. The number of likely N-dealkylation sites (tertiary alicyclic amines) is 1. The molecule has 5 heterocycles.